The molecule has 5 rings (SSSR count). The van der Waals surface area contributed by atoms with E-state index in [9.17, 15) is 23.5 Å². The van der Waals surface area contributed by atoms with E-state index in [1.807, 2.05) is 13.0 Å². The molecule has 1 atom stereocenters. The topological polar surface area (TPSA) is 124 Å². The van der Waals surface area contributed by atoms with E-state index in [1.54, 1.807) is 27.6 Å². The summed E-state index contributed by atoms with van der Waals surface area (Å²) in [7, 11) is 1.27. The predicted molar refractivity (Wildman–Crippen MR) is 175 cm³/mol. The molecule has 0 saturated carbocycles. The van der Waals surface area contributed by atoms with E-state index in [0.717, 1.165) is 5.56 Å². The number of nitrogens with zero attached hydrogens (tertiary/aromatic N) is 5. The summed E-state index contributed by atoms with van der Waals surface area (Å²) in [5.74, 6) is -2.27. The lowest BCUT2D eigenvalue weighted by Crippen LogP contribution is -2.61. The van der Waals surface area contributed by atoms with Gasteiger partial charge in [-0.05, 0) is 63.1 Å². The number of rotatable bonds is 10. The molecule has 2 amide bonds. The summed E-state index contributed by atoms with van der Waals surface area (Å²) in [4.78, 5) is 38.8. The Morgan fingerprint density at radius 1 is 1.11 bits per heavy atom. The van der Waals surface area contributed by atoms with Gasteiger partial charge in [0.15, 0.2) is 23.0 Å². The number of benzene rings is 2. The maximum atomic E-state index is 14.9. The molecule has 0 radical (unpaired) electrons. The van der Waals surface area contributed by atoms with Gasteiger partial charge in [0.25, 0.3) is 5.91 Å². The molecule has 2 aromatic heterocycles. The molecule has 4 aromatic rings. The summed E-state index contributed by atoms with van der Waals surface area (Å²) < 4.78 is 35.8. The monoisotopic (exact) mass is 649 g/mol. The number of carbonyl (C=O) groups excluding carboxylic acids is 2. The van der Waals surface area contributed by atoms with Gasteiger partial charge in [0.2, 0.25) is 11.7 Å². The van der Waals surface area contributed by atoms with Crippen LogP contribution in [0.2, 0.25) is 0 Å². The van der Waals surface area contributed by atoms with Crippen molar-refractivity contribution in [1.29, 1.82) is 0 Å². The molecule has 47 heavy (non-hydrogen) atoms. The fourth-order valence-electron chi connectivity index (χ4n) is 6.07. The number of anilines is 2. The van der Waals surface area contributed by atoms with E-state index in [1.165, 1.54) is 31.6 Å². The van der Waals surface area contributed by atoms with E-state index in [2.05, 4.69) is 46.3 Å². The average molecular weight is 650 g/mol. The molecule has 3 heterocycles. The molecular formula is C34H41F2N7O4. The second-order valence-corrected chi connectivity index (χ2v) is 12.5. The number of halogens is 2. The van der Waals surface area contributed by atoms with Gasteiger partial charge in [0.1, 0.15) is 0 Å². The summed E-state index contributed by atoms with van der Waals surface area (Å²) in [5.41, 5.74) is 2.60. The fraction of sp³-hybridized carbons (Fsp3) is 0.412. The summed E-state index contributed by atoms with van der Waals surface area (Å²) >= 11 is 0. The van der Waals surface area contributed by atoms with Crippen LogP contribution in [0.4, 0.5) is 20.3 Å². The smallest absolute Gasteiger partial charge is 0.251 e. The van der Waals surface area contributed by atoms with Crippen LogP contribution >= 0.6 is 0 Å². The SMILES string of the molecule is CCc1cc(Nc2nccn3c(-c4ccc(OC)c(F)c4F)cnc23)ccc1C(=O)NCCC(=O)N1CCN(C(C)(C)C)[C@H](CO)C1. The number of piperazine rings is 1. The number of aryl methyl sites for hydroxylation is 1. The molecule has 2 aromatic carbocycles. The number of carbonyl (C=O) groups is 2. The van der Waals surface area contributed by atoms with Crippen LogP contribution in [-0.4, -0.2) is 92.6 Å². The lowest BCUT2D eigenvalue weighted by atomic mass is 10.0. The number of hydrogen-bond donors (Lipinski definition) is 3. The number of fused-ring (bicyclic) bond motifs is 1. The zero-order valence-corrected chi connectivity index (χ0v) is 27.3. The Hall–Kier alpha value is -4.62. The Kier molecular flexibility index (Phi) is 10.1. The molecule has 3 N–H and O–H groups in total. The molecule has 13 heteroatoms. The number of amides is 2. The molecule has 0 bridgehead atoms. The highest BCUT2D eigenvalue weighted by molar-refractivity contribution is 5.96. The van der Waals surface area contributed by atoms with Gasteiger partial charge in [-0.15, -0.1) is 0 Å². The van der Waals surface area contributed by atoms with Gasteiger partial charge in [-0.2, -0.15) is 4.39 Å². The highest BCUT2D eigenvalue weighted by atomic mass is 19.2. The second-order valence-electron chi connectivity index (χ2n) is 12.5. The van der Waals surface area contributed by atoms with Crippen molar-refractivity contribution in [3.63, 3.8) is 0 Å². The molecule has 1 aliphatic rings. The highest BCUT2D eigenvalue weighted by Gasteiger charge is 2.35. The van der Waals surface area contributed by atoms with Crippen molar-refractivity contribution in [1.82, 2.24) is 29.5 Å². The maximum Gasteiger partial charge on any atom is 0.251 e. The predicted octanol–water partition coefficient (Wildman–Crippen LogP) is 4.41. The molecule has 0 aliphatic carbocycles. The van der Waals surface area contributed by atoms with Crippen molar-refractivity contribution in [2.75, 3.05) is 45.2 Å². The first kappa shape index (κ1) is 33.7. The van der Waals surface area contributed by atoms with E-state index in [0.29, 0.717) is 54.5 Å². The van der Waals surface area contributed by atoms with Crippen molar-refractivity contribution in [3.8, 4) is 17.0 Å². The van der Waals surface area contributed by atoms with Gasteiger partial charge in [-0.3, -0.25) is 18.9 Å². The molecule has 1 fully saturated rings. The summed E-state index contributed by atoms with van der Waals surface area (Å²) in [6.07, 6.45) is 5.31. The van der Waals surface area contributed by atoms with Crippen LogP contribution < -0.4 is 15.4 Å². The summed E-state index contributed by atoms with van der Waals surface area (Å²) in [6, 6.07) is 7.97. The van der Waals surface area contributed by atoms with Crippen molar-refractivity contribution in [2.24, 2.45) is 0 Å². The third-order valence-corrected chi connectivity index (χ3v) is 8.50. The summed E-state index contributed by atoms with van der Waals surface area (Å²) in [5, 5.41) is 16.0. The highest BCUT2D eigenvalue weighted by Crippen LogP contribution is 2.32. The third kappa shape index (κ3) is 7.05. The quantitative estimate of drug-likeness (QED) is 0.231. The van der Waals surface area contributed by atoms with E-state index in [-0.39, 0.29) is 54.3 Å². The first-order valence-corrected chi connectivity index (χ1v) is 15.6. The zero-order chi connectivity index (χ0) is 33.9. The number of ether oxygens (including phenoxy) is 1. The van der Waals surface area contributed by atoms with Gasteiger partial charge < -0.3 is 25.4 Å². The van der Waals surface area contributed by atoms with Crippen molar-refractivity contribution < 1.29 is 28.2 Å². The number of aliphatic hydroxyl groups excluding tert-OH is 1. The van der Waals surface area contributed by atoms with Crippen LogP contribution in [0.3, 0.4) is 0 Å². The van der Waals surface area contributed by atoms with E-state index < -0.39 is 11.6 Å². The Labute approximate surface area is 272 Å². The first-order valence-electron chi connectivity index (χ1n) is 15.6. The van der Waals surface area contributed by atoms with Gasteiger partial charge in [0, 0.05) is 67.3 Å². The minimum atomic E-state index is -1.08. The van der Waals surface area contributed by atoms with Crippen LogP contribution in [0.25, 0.3) is 16.9 Å². The lowest BCUT2D eigenvalue weighted by molar-refractivity contribution is -0.136. The Balaban J connectivity index is 1.24. The number of aromatic nitrogens is 3. The van der Waals surface area contributed by atoms with Crippen LogP contribution in [0.5, 0.6) is 5.75 Å². The Morgan fingerprint density at radius 2 is 1.89 bits per heavy atom. The van der Waals surface area contributed by atoms with Crippen LogP contribution in [0, 0.1) is 11.6 Å². The van der Waals surface area contributed by atoms with E-state index in [4.69, 9.17) is 4.74 Å². The fourth-order valence-corrected chi connectivity index (χ4v) is 6.07. The van der Waals surface area contributed by atoms with Crippen LogP contribution in [0.1, 0.15) is 50.0 Å². The first-order chi connectivity index (χ1) is 22.5. The molecule has 0 spiro atoms. The van der Waals surface area contributed by atoms with Gasteiger partial charge >= 0.3 is 0 Å². The minimum Gasteiger partial charge on any atom is -0.494 e. The van der Waals surface area contributed by atoms with Crippen molar-refractivity contribution >= 4 is 29.0 Å². The maximum absolute atomic E-state index is 14.9. The largest absolute Gasteiger partial charge is 0.494 e. The van der Waals surface area contributed by atoms with Crippen LogP contribution in [-0.2, 0) is 11.2 Å². The zero-order valence-electron chi connectivity index (χ0n) is 27.3. The lowest BCUT2D eigenvalue weighted by Gasteiger charge is -2.47. The number of hydrogen-bond acceptors (Lipinski definition) is 8. The molecular weight excluding hydrogens is 608 g/mol. The molecule has 11 nitrogen and oxygen atoms in total. The molecule has 250 valence electrons. The molecule has 1 aliphatic heterocycles. The Morgan fingerprint density at radius 3 is 2.60 bits per heavy atom. The third-order valence-electron chi connectivity index (χ3n) is 8.50. The molecule has 0 unspecified atom stereocenters. The number of imidazole rings is 1. The van der Waals surface area contributed by atoms with Gasteiger partial charge in [-0.1, -0.05) is 6.92 Å². The number of methoxy groups -OCH3 is 1. The number of nitrogens with one attached hydrogen (secondary N) is 2. The number of aliphatic hydroxyl groups is 1. The van der Waals surface area contributed by atoms with Gasteiger partial charge in [-0.25, -0.2) is 14.4 Å². The standard InChI is InChI=1S/C34H41F2N7O4/c1-6-21-17-22(40-31-32-39-18-26(42(32)14-13-37-31)25-9-10-27(47-5)30(36)29(25)35)7-8-24(21)33(46)38-12-11-28(45)41-15-16-43(34(2,3)4)23(19-41)20-44/h7-10,13-14,17-18,23,44H,6,11-12,15-16,19-20H2,1-5H3,(H,37,40)(H,38,46)/t23-/m0/s1. The van der Waals surface area contributed by atoms with E-state index >= 15 is 0 Å². The average Bonchev–Trinajstić information content (AvgIpc) is 3.50. The second kappa shape index (κ2) is 14.0. The minimum absolute atomic E-state index is 0.0238. The Bertz CT molecular complexity index is 1770. The normalized spacial score (nSPS) is 15.6. The van der Waals surface area contributed by atoms with Crippen LogP contribution in [0.15, 0.2) is 48.9 Å². The van der Waals surface area contributed by atoms with Gasteiger partial charge in [0.05, 0.1) is 31.6 Å². The van der Waals surface area contributed by atoms with Crippen molar-refractivity contribution in [2.45, 2.75) is 52.1 Å². The molecule has 1 saturated heterocycles. The van der Waals surface area contributed by atoms with Crippen molar-refractivity contribution in [3.05, 3.63) is 71.7 Å². The summed E-state index contributed by atoms with van der Waals surface area (Å²) in [6.45, 7) is 10.1.